The minimum Gasteiger partial charge on any atom is -0.388 e. The highest BCUT2D eigenvalue weighted by atomic mass is 32.1. The van der Waals surface area contributed by atoms with Gasteiger partial charge in [-0.05, 0) is 18.2 Å². The molecular formula is C13H10N4O3S. The van der Waals surface area contributed by atoms with Gasteiger partial charge in [0, 0.05) is 6.07 Å². The molecule has 0 fully saturated rings. The van der Waals surface area contributed by atoms with Crippen LogP contribution in [-0.4, -0.2) is 25.9 Å². The lowest BCUT2D eigenvalue weighted by Crippen LogP contribution is -1.97. The molecule has 0 saturated heterocycles. The summed E-state index contributed by atoms with van der Waals surface area (Å²) in [4.78, 5) is 15.1. The van der Waals surface area contributed by atoms with Gasteiger partial charge in [-0.1, -0.05) is 23.5 Å². The summed E-state index contributed by atoms with van der Waals surface area (Å²) in [6.45, 7) is -0.239. The number of hydrogen-bond acceptors (Lipinski definition) is 6. The Morgan fingerprint density at radius 3 is 2.90 bits per heavy atom. The van der Waals surface area contributed by atoms with E-state index in [-0.39, 0.29) is 11.6 Å². The standard InChI is InChI=1S/C13H10N4O3S/c18-8-12-15-10-3-1-2-4-11(10)16(12)14-7-9-5-6-13(21-9)17(19)20/h1-7,18H,8H2/b14-7+. The lowest BCUT2D eigenvalue weighted by molar-refractivity contribution is -0.380. The van der Waals surface area contributed by atoms with E-state index in [1.54, 1.807) is 6.07 Å². The molecule has 8 heteroatoms. The molecule has 0 unspecified atom stereocenters. The maximum atomic E-state index is 10.6. The van der Waals surface area contributed by atoms with Crippen molar-refractivity contribution in [3.05, 3.63) is 57.2 Å². The van der Waals surface area contributed by atoms with Crippen molar-refractivity contribution >= 4 is 33.6 Å². The van der Waals surface area contributed by atoms with E-state index in [0.29, 0.717) is 10.7 Å². The average molecular weight is 302 g/mol. The zero-order valence-electron chi connectivity index (χ0n) is 10.7. The zero-order chi connectivity index (χ0) is 14.8. The highest BCUT2D eigenvalue weighted by molar-refractivity contribution is 7.16. The zero-order valence-corrected chi connectivity index (χ0v) is 11.5. The number of fused-ring (bicyclic) bond motifs is 1. The molecule has 0 saturated carbocycles. The van der Waals surface area contributed by atoms with Crippen LogP contribution in [0.15, 0.2) is 41.5 Å². The third kappa shape index (κ3) is 2.54. The van der Waals surface area contributed by atoms with Crippen LogP contribution in [0.25, 0.3) is 11.0 Å². The molecule has 7 nitrogen and oxygen atoms in total. The molecule has 106 valence electrons. The Bertz CT molecular complexity index is 837. The number of imidazole rings is 1. The van der Waals surface area contributed by atoms with Crippen molar-refractivity contribution in [2.24, 2.45) is 5.10 Å². The van der Waals surface area contributed by atoms with E-state index >= 15 is 0 Å². The molecule has 2 heterocycles. The van der Waals surface area contributed by atoms with Crippen LogP contribution in [-0.2, 0) is 6.61 Å². The number of aliphatic hydroxyl groups is 1. The van der Waals surface area contributed by atoms with Gasteiger partial charge in [-0.2, -0.15) is 5.10 Å². The van der Waals surface area contributed by atoms with E-state index < -0.39 is 4.92 Å². The molecule has 21 heavy (non-hydrogen) atoms. The van der Waals surface area contributed by atoms with E-state index in [4.69, 9.17) is 0 Å². The van der Waals surface area contributed by atoms with Gasteiger partial charge in [-0.3, -0.25) is 10.1 Å². The number of para-hydroxylation sites is 2. The number of nitro groups is 1. The summed E-state index contributed by atoms with van der Waals surface area (Å²) < 4.78 is 1.53. The molecule has 1 aromatic carbocycles. The predicted octanol–water partition coefficient (Wildman–Crippen LogP) is 2.38. The Morgan fingerprint density at radius 1 is 1.38 bits per heavy atom. The van der Waals surface area contributed by atoms with Crippen LogP contribution in [0.3, 0.4) is 0 Å². The summed E-state index contributed by atoms with van der Waals surface area (Å²) in [6, 6.07) is 10.4. The minimum atomic E-state index is -0.437. The summed E-state index contributed by atoms with van der Waals surface area (Å²) in [5.41, 5.74) is 1.50. The fourth-order valence-electron chi connectivity index (χ4n) is 1.92. The van der Waals surface area contributed by atoms with Crippen LogP contribution >= 0.6 is 11.3 Å². The number of hydrogen-bond donors (Lipinski definition) is 1. The second-order valence-electron chi connectivity index (χ2n) is 4.16. The fraction of sp³-hybridized carbons (Fsp3) is 0.0769. The van der Waals surface area contributed by atoms with Crippen LogP contribution in [0.2, 0.25) is 0 Å². The first-order valence-electron chi connectivity index (χ1n) is 6.05. The van der Waals surface area contributed by atoms with Gasteiger partial charge in [0.25, 0.3) is 0 Å². The van der Waals surface area contributed by atoms with Gasteiger partial charge in [0.2, 0.25) is 0 Å². The molecule has 3 aromatic rings. The Kier molecular flexibility index (Phi) is 3.46. The van der Waals surface area contributed by atoms with Crippen LogP contribution in [0.1, 0.15) is 10.7 Å². The van der Waals surface area contributed by atoms with E-state index in [2.05, 4.69) is 10.1 Å². The Balaban J connectivity index is 1.99. The van der Waals surface area contributed by atoms with Gasteiger partial charge < -0.3 is 5.11 Å². The fourth-order valence-corrected chi connectivity index (χ4v) is 2.61. The molecule has 2 aromatic heterocycles. The first kappa shape index (κ1) is 13.4. The molecule has 3 rings (SSSR count). The number of rotatable bonds is 4. The Labute approximate surface area is 122 Å². The first-order chi connectivity index (χ1) is 10.2. The molecule has 0 radical (unpaired) electrons. The van der Waals surface area contributed by atoms with Crippen molar-refractivity contribution in [1.29, 1.82) is 0 Å². The molecule has 1 N–H and O–H groups in total. The molecule has 0 aliphatic rings. The van der Waals surface area contributed by atoms with Crippen molar-refractivity contribution < 1.29 is 10.0 Å². The summed E-state index contributed by atoms with van der Waals surface area (Å²) in [5.74, 6) is 0.415. The van der Waals surface area contributed by atoms with Gasteiger partial charge in [-0.15, -0.1) is 0 Å². The highest BCUT2D eigenvalue weighted by Crippen LogP contribution is 2.23. The lowest BCUT2D eigenvalue weighted by atomic mass is 10.3. The topological polar surface area (TPSA) is 93.5 Å². The van der Waals surface area contributed by atoms with Gasteiger partial charge in [0.05, 0.1) is 27.0 Å². The van der Waals surface area contributed by atoms with Crippen LogP contribution in [0, 0.1) is 10.1 Å². The summed E-state index contributed by atoms with van der Waals surface area (Å²) in [6.07, 6.45) is 1.52. The van der Waals surface area contributed by atoms with Gasteiger partial charge in [0.15, 0.2) is 5.82 Å². The van der Waals surface area contributed by atoms with Crippen molar-refractivity contribution in [3.8, 4) is 0 Å². The maximum absolute atomic E-state index is 10.6. The second-order valence-corrected chi connectivity index (χ2v) is 5.26. The van der Waals surface area contributed by atoms with Gasteiger partial charge >= 0.3 is 5.00 Å². The van der Waals surface area contributed by atoms with E-state index in [9.17, 15) is 15.2 Å². The van der Waals surface area contributed by atoms with Crippen LogP contribution in [0.4, 0.5) is 5.00 Å². The number of aliphatic hydroxyl groups excluding tert-OH is 1. The van der Waals surface area contributed by atoms with Gasteiger partial charge in [0.1, 0.15) is 6.61 Å². The quantitative estimate of drug-likeness (QED) is 0.455. The largest absolute Gasteiger partial charge is 0.388 e. The summed E-state index contributed by atoms with van der Waals surface area (Å²) in [7, 11) is 0. The van der Waals surface area contributed by atoms with E-state index in [1.165, 1.54) is 17.0 Å². The predicted molar refractivity (Wildman–Crippen MR) is 79.6 cm³/mol. The molecule has 0 bridgehead atoms. The molecular weight excluding hydrogens is 292 g/mol. The molecule has 0 amide bonds. The average Bonchev–Trinajstić information content (AvgIpc) is 3.09. The third-order valence-corrected chi connectivity index (χ3v) is 3.81. The SMILES string of the molecule is O=[N+]([O-])c1ccc(/C=N/n2c(CO)nc3ccccc32)s1. The molecule has 0 aliphatic carbocycles. The molecule has 0 spiro atoms. The van der Waals surface area contributed by atoms with Crippen molar-refractivity contribution in [3.63, 3.8) is 0 Å². The number of aromatic nitrogens is 2. The Hall–Kier alpha value is -2.58. The maximum Gasteiger partial charge on any atom is 0.324 e. The molecule has 0 aliphatic heterocycles. The Morgan fingerprint density at radius 2 is 2.19 bits per heavy atom. The van der Waals surface area contributed by atoms with Crippen LogP contribution < -0.4 is 0 Å². The van der Waals surface area contributed by atoms with Crippen molar-refractivity contribution in [2.45, 2.75) is 6.61 Å². The number of nitrogens with zero attached hydrogens (tertiary/aromatic N) is 4. The minimum absolute atomic E-state index is 0.0642. The third-order valence-electron chi connectivity index (χ3n) is 2.84. The van der Waals surface area contributed by atoms with Crippen LogP contribution in [0.5, 0.6) is 0 Å². The second kappa shape index (κ2) is 5.43. The van der Waals surface area contributed by atoms with Crippen molar-refractivity contribution in [2.75, 3.05) is 0 Å². The monoisotopic (exact) mass is 302 g/mol. The summed E-state index contributed by atoms with van der Waals surface area (Å²) in [5, 5.41) is 24.3. The summed E-state index contributed by atoms with van der Waals surface area (Å²) >= 11 is 1.04. The number of benzene rings is 1. The van der Waals surface area contributed by atoms with Gasteiger partial charge in [-0.25, -0.2) is 9.66 Å². The molecule has 0 atom stereocenters. The number of thiophene rings is 1. The smallest absolute Gasteiger partial charge is 0.324 e. The lowest BCUT2D eigenvalue weighted by Gasteiger charge is -1.98. The highest BCUT2D eigenvalue weighted by Gasteiger charge is 2.10. The normalized spacial score (nSPS) is 11.5. The van der Waals surface area contributed by atoms with E-state index in [1.807, 2.05) is 24.3 Å². The first-order valence-corrected chi connectivity index (χ1v) is 6.86. The van der Waals surface area contributed by atoms with E-state index in [0.717, 1.165) is 22.4 Å². The van der Waals surface area contributed by atoms with Crippen molar-refractivity contribution in [1.82, 2.24) is 9.66 Å².